The van der Waals surface area contributed by atoms with Gasteiger partial charge in [-0.2, -0.15) is 0 Å². The minimum atomic E-state index is -0.428. The Kier molecular flexibility index (Phi) is 5.51. The summed E-state index contributed by atoms with van der Waals surface area (Å²) in [5.74, 6) is 0.372. The predicted molar refractivity (Wildman–Crippen MR) is 113 cm³/mol. The van der Waals surface area contributed by atoms with Gasteiger partial charge in [0.1, 0.15) is 17.9 Å². The highest BCUT2D eigenvalue weighted by Gasteiger charge is 2.35. The molecule has 3 aromatic rings. The van der Waals surface area contributed by atoms with Crippen molar-refractivity contribution in [2.75, 3.05) is 12.3 Å². The zero-order valence-corrected chi connectivity index (χ0v) is 17.6. The first-order valence-corrected chi connectivity index (χ1v) is 10.8. The normalized spacial score (nSPS) is 24.5. The molecule has 0 spiro atoms. The van der Waals surface area contributed by atoms with Crippen molar-refractivity contribution in [3.63, 3.8) is 0 Å². The number of nitrogens with zero attached hydrogens (tertiary/aromatic N) is 4. The highest BCUT2D eigenvalue weighted by molar-refractivity contribution is 6.33. The molecule has 6 rings (SSSR count). The highest BCUT2D eigenvalue weighted by Crippen LogP contribution is 2.33. The molecule has 0 aliphatic carbocycles. The summed E-state index contributed by atoms with van der Waals surface area (Å²) < 4.78 is 27.2. The van der Waals surface area contributed by atoms with Crippen LogP contribution < -0.4 is 5.73 Å². The maximum absolute atomic E-state index is 14.4. The molecule has 0 amide bonds. The third kappa shape index (κ3) is 3.98. The predicted octanol–water partition coefficient (Wildman–Crippen LogP) is 3.09. The second-order valence-corrected chi connectivity index (χ2v) is 8.41. The average molecular weight is 448 g/mol. The molecule has 3 aliphatic rings. The quantitative estimate of drug-likeness (QED) is 0.590. The van der Waals surface area contributed by atoms with Crippen LogP contribution in [0.1, 0.15) is 31.5 Å². The van der Waals surface area contributed by atoms with Crippen LogP contribution in [-0.2, 0) is 22.6 Å². The molecule has 1 aromatic carbocycles. The van der Waals surface area contributed by atoms with E-state index in [1.165, 1.54) is 18.7 Å². The largest absolute Gasteiger partial charge is 0.390 e. The second-order valence-electron chi connectivity index (χ2n) is 8.00. The lowest BCUT2D eigenvalue weighted by Gasteiger charge is -2.24. The van der Waals surface area contributed by atoms with Gasteiger partial charge in [0, 0.05) is 12.1 Å². The first-order chi connectivity index (χ1) is 15.0. The number of ether oxygens (including phenoxy) is 2. The van der Waals surface area contributed by atoms with E-state index < -0.39 is 5.82 Å². The van der Waals surface area contributed by atoms with Gasteiger partial charge in [-0.25, -0.2) is 19.3 Å². The van der Waals surface area contributed by atoms with Crippen molar-refractivity contribution >= 4 is 28.6 Å². The van der Waals surface area contributed by atoms with Crippen LogP contribution in [-0.4, -0.2) is 49.5 Å². The number of fused-ring (bicyclic) bond motifs is 5. The second kappa shape index (κ2) is 8.31. The van der Waals surface area contributed by atoms with Crippen LogP contribution in [0.2, 0.25) is 5.02 Å². The fourth-order valence-corrected chi connectivity index (χ4v) is 4.60. The van der Waals surface area contributed by atoms with Gasteiger partial charge in [-0.3, -0.25) is 0 Å². The molecule has 0 saturated carbocycles. The molecule has 0 radical (unpaired) electrons. The van der Waals surface area contributed by atoms with Crippen LogP contribution in [0.15, 0.2) is 18.3 Å². The van der Waals surface area contributed by atoms with Crippen LogP contribution in [0.3, 0.4) is 0 Å². The maximum atomic E-state index is 14.4. The highest BCUT2D eigenvalue weighted by atomic mass is 35.5. The van der Waals surface area contributed by atoms with Gasteiger partial charge in [0.25, 0.3) is 0 Å². The standard InChI is InChI=1S/C14H11ClFN5O.C7H12O2/c15-8-5-18-14(17)20-12(8)7-3-9(16)13-10(4-7)21-1-2-22-6-11(21)19-13;8-6-3-1-5-2-4-7(6)9-5/h3-5H,1-2,6H2,(H2,17,18,20);5-8H,1-4H2. The maximum Gasteiger partial charge on any atom is 0.220 e. The number of hydrogen-bond acceptors (Lipinski definition) is 7. The van der Waals surface area contributed by atoms with Gasteiger partial charge in [0.15, 0.2) is 5.82 Å². The summed E-state index contributed by atoms with van der Waals surface area (Å²) in [6, 6.07) is 3.17. The number of nitrogen functional groups attached to an aromatic ring is 1. The molecule has 3 unspecified atom stereocenters. The number of hydrogen-bond donors (Lipinski definition) is 2. The van der Waals surface area contributed by atoms with Crippen LogP contribution in [0.5, 0.6) is 0 Å². The molecule has 2 bridgehead atoms. The van der Waals surface area contributed by atoms with Crippen LogP contribution in [0, 0.1) is 5.82 Å². The number of nitrogens with two attached hydrogens (primary N) is 1. The van der Waals surface area contributed by atoms with Gasteiger partial charge >= 0.3 is 0 Å². The number of anilines is 1. The molecule has 10 heteroatoms. The summed E-state index contributed by atoms with van der Waals surface area (Å²) >= 11 is 6.11. The average Bonchev–Trinajstić information content (AvgIpc) is 3.35. The first kappa shape index (κ1) is 20.6. The SMILES string of the molecule is Nc1ncc(Cl)c(-c2cc(F)c3nc4n(c3c2)CCOC4)n1.OC1CCC2CCC1O2. The smallest absolute Gasteiger partial charge is 0.220 e. The Balaban J connectivity index is 0.000000189. The fourth-order valence-electron chi connectivity index (χ4n) is 4.40. The van der Waals surface area contributed by atoms with E-state index in [0.717, 1.165) is 19.3 Å². The Morgan fingerprint density at radius 1 is 1.19 bits per heavy atom. The van der Waals surface area contributed by atoms with Gasteiger partial charge in [-0.1, -0.05) is 11.6 Å². The van der Waals surface area contributed by atoms with Crippen molar-refractivity contribution in [1.82, 2.24) is 19.5 Å². The Hall–Kier alpha value is -2.33. The number of aliphatic hydroxyl groups excluding tert-OH is 1. The minimum absolute atomic E-state index is 0.0867. The summed E-state index contributed by atoms with van der Waals surface area (Å²) in [6.45, 7) is 1.59. The fraction of sp³-hybridized carbons (Fsp3) is 0.476. The minimum Gasteiger partial charge on any atom is -0.390 e. The number of rotatable bonds is 1. The number of aliphatic hydroxyl groups is 1. The van der Waals surface area contributed by atoms with Crippen molar-refractivity contribution in [3.8, 4) is 11.3 Å². The topological polar surface area (TPSA) is 108 Å². The lowest BCUT2D eigenvalue weighted by Crippen LogP contribution is -2.31. The monoisotopic (exact) mass is 447 g/mol. The molecule has 2 saturated heterocycles. The van der Waals surface area contributed by atoms with Crippen LogP contribution in [0.25, 0.3) is 22.3 Å². The van der Waals surface area contributed by atoms with E-state index in [2.05, 4.69) is 15.0 Å². The number of benzene rings is 1. The van der Waals surface area contributed by atoms with Crippen molar-refractivity contribution in [1.29, 1.82) is 0 Å². The summed E-state index contributed by atoms with van der Waals surface area (Å²) in [5.41, 5.74) is 7.56. The third-order valence-corrected chi connectivity index (χ3v) is 6.24. The Bertz CT molecular complexity index is 1120. The molecule has 2 fully saturated rings. The van der Waals surface area contributed by atoms with E-state index in [0.29, 0.717) is 59.0 Å². The molecule has 3 aliphatic heterocycles. The molecule has 3 atom stereocenters. The first-order valence-electron chi connectivity index (χ1n) is 10.4. The van der Waals surface area contributed by atoms with E-state index in [1.807, 2.05) is 10.6 Å². The zero-order chi connectivity index (χ0) is 21.5. The third-order valence-electron chi connectivity index (χ3n) is 5.97. The summed E-state index contributed by atoms with van der Waals surface area (Å²) in [7, 11) is 0. The molecule has 3 N–H and O–H groups in total. The summed E-state index contributed by atoms with van der Waals surface area (Å²) in [5, 5.41) is 9.59. The van der Waals surface area contributed by atoms with E-state index in [9.17, 15) is 9.50 Å². The van der Waals surface area contributed by atoms with E-state index in [1.54, 1.807) is 0 Å². The number of halogens is 2. The molecule has 31 heavy (non-hydrogen) atoms. The van der Waals surface area contributed by atoms with Gasteiger partial charge < -0.3 is 24.9 Å². The van der Waals surface area contributed by atoms with E-state index in [4.69, 9.17) is 26.8 Å². The van der Waals surface area contributed by atoms with Crippen molar-refractivity contribution < 1.29 is 19.0 Å². The Morgan fingerprint density at radius 3 is 2.87 bits per heavy atom. The van der Waals surface area contributed by atoms with Crippen molar-refractivity contribution in [2.24, 2.45) is 0 Å². The molecule has 5 heterocycles. The van der Waals surface area contributed by atoms with Crippen molar-refractivity contribution in [2.45, 2.75) is 57.1 Å². The number of imidazole rings is 1. The molecule has 164 valence electrons. The summed E-state index contributed by atoms with van der Waals surface area (Å²) in [6.07, 6.45) is 6.17. The molecule has 2 aromatic heterocycles. The van der Waals surface area contributed by atoms with E-state index in [-0.39, 0.29) is 18.2 Å². The number of aromatic nitrogens is 4. The van der Waals surface area contributed by atoms with Gasteiger partial charge in [0.05, 0.1) is 47.3 Å². The van der Waals surface area contributed by atoms with Gasteiger partial charge in [-0.15, -0.1) is 0 Å². The van der Waals surface area contributed by atoms with Crippen LogP contribution >= 0.6 is 11.6 Å². The van der Waals surface area contributed by atoms with Gasteiger partial charge in [0.2, 0.25) is 5.95 Å². The lowest BCUT2D eigenvalue weighted by atomic mass is 10.1. The van der Waals surface area contributed by atoms with E-state index >= 15 is 0 Å². The Labute approximate surface area is 183 Å². The molecular formula is C21H23ClFN5O3. The zero-order valence-electron chi connectivity index (χ0n) is 16.8. The molecular weight excluding hydrogens is 425 g/mol. The lowest BCUT2D eigenvalue weighted by molar-refractivity contribution is -0.0746. The Morgan fingerprint density at radius 2 is 2.03 bits per heavy atom. The van der Waals surface area contributed by atoms with Gasteiger partial charge in [-0.05, 0) is 37.8 Å². The van der Waals surface area contributed by atoms with Crippen LogP contribution in [0.4, 0.5) is 10.3 Å². The van der Waals surface area contributed by atoms with Crippen molar-refractivity contribution in [3.05, 3.63) is 35.0 Å². The molecule has 8 nitrogen and oxygen atoms in total. The summed E-state index contributed by atoms with van der Waals surface area (Å²) in [4.78, 5) is 12.2.